The molecule has 1 aliphatic heterocycles. The molecule has 100 valence electrons. The third-order valence-corrected chi connectivity index (χ3v) is 3.70. The van der Waals surface area contributed by atoms with Crippen molar-refractivity contribution in [1.29, 1.82) is 0 Å². The van der Waals surface area contributed by atoms with Crippen molar-refractivity contribution >= 4 is 11.6 Å². The Morgan fingerprint density at radius 2 is 1.94 bits per heavy atom. The molecule has 2 rings (SSSR count). The summed E-state index contributed by atoms with van der Waals surface area (Å²) >= 11 is 0. The maximum Gasteiger partial charge on any atom is 0.134 e. The summed E-state index contributed by atoms with van der Waals surface area (Å²) in [5.74, 6) is 2.26. The molecular formula is C13H23N5. The largest absolute Gasteiger partial charge is 0.384 e. The Balaban J connectivity index is 2.01. The van der Waals surface area contributed by atoms with Gasteiger partial charge in [0.25, 0.3) is 0 Å². The maximum absolute atomic E-state index is 5.77. The van der Waals surface area contributed by atoms with Gasteiger partial charge in [-0.25, -0.2) is 9.97 Å². The molecule has 1 aliphatic rings. The average molecular weight is 249 g/mol. The molecule has 2 N–H and O–H groups in total. The maximum atomic E-state index is 5.77. The standard InChI is InChI=1S/C13H23N5/c1-4-10(2)17-5-7-18(8-6-17)13-9-12(14)15-11(3)16-13/h9-10H,4-8H2,1-3H3,(H2,14,15,16). The van der Waals surface area contributed by atoms with E-state index in [9.17, 15) is 0 Å². The van der Waals surface area contributed by atoms with Crippen molar-refractivity contribution in [2.75, 3.05) is 36.8 Å². The molecule has 5 heteroatoms. The molecule has 0 radical (unpaired) electrons. The Morgan fingerprint density at radius 1 is 1.28 bits per heavy atom. The molecule has 1 aromatic heterocycles. The van der Waals surface area contributed by atoms with Gasteiger partial charge in [0, 0.05) is 38.3 Å². The number of anilines is 2. The highest BCUT2D eigenvalue weighted by Gasteiger charge is 2.21. The second kappa shape index (κ2) is 5.52. The molecule has 1 saturated heterocycles. The zero-order chi connectivity index (χ0) is 13.1. The number of piperazine rings is 1. The minimum absolute atomic E-state index is 0.557. The summed E-state index contributed by atoms with van der Waals surface area (Å²) < 4.78 is 0. The molecule has 0 aliphatic carbocycles. The zero-order valence-corrected chi connectivity index (χ0v) is 11.6. The minimum Gasteiger partial charge on any atom is -0.384 e. The number of aryl methyl sites for hydroxylation is 1. The predicted octanol–water partition coefficient (Wildman–Crippen LogP) is 1.29. The lowest BCUT2D eigenvalue weighted by Gasteiger charge is -2.38. The summed E-state index contributed by atoms with van der Waals surface area (Å²) in [5, 5.41) is 0. The molecule has 0 bridgehead atoms. The number of aromatic nitrogens is 2. The van der Waals surface area contributed by atoms with Crippen LogP contribution in [0, 0.1) is 6.92 Å². The van der Waals surface area contributed by atoms with Crippen molar-refractivity contribution in [1.82, 2.24) is 14.9 Å². The van der Waals surface area contributed by atoms with Crippen LogP contribution < -0.4 is 10.6 Å². The first kappa shape index (κ1) is 13.1. The highest BCUT2D eigenvalue weighted by Crippen LogP contribution is 2.17. The van der Waals surface area contributed by atoms with E-state index in [-0.39, 0.29) is 0 Å². The third-order valence-electron chi connectivity index (χ3n) is 3.70. The Hall–Kier alpha value is -1.36. The summed E-state index contributed by atoms with van der Waals surface area (Å²) in [5.41, 5.74) is 5.77. The van der Waals surface area contributed by atoms with Crippen molar-refractivity contribution in [2.24, 2.45) is 0 Å². The number of rotatable bonds is 3. The van der Waals surface area contributed by atoms with Crippen molar-refractivity contribution in [3.63, 3.8) is 0 Å². The summed E-state index contributed by atoms with van der Waals surface area (Å²) in [6, 6.07) is 2.54. The van der Waals surface area contributed by atoms with Crippen LogP contribution in [0.2, 0.25) is 0 Å². The Bertz CT molecular complexity index is 378. The van der Waals surface area contributed by atoms with Crippen molar-refractivity contribution in [3.05, 3.63) is 11.9 Å². The van der Waals surface area contributed by atoms with E-state index in [0.717, 1.165) is 37.8 Å². The number of hydrogen-bond acceptors (Lipinski definition) is 5. The van der Waals surface area contributed by atoms with Gasteiger partial charge in [-0.15, -0.1) is 0 Å². The molecule has 0 saturated carbocycles. The lowest BCUT2D eigenvalue weighted by atomic mass is 10.2. The normalized spacial score (nSPS) is 18.9. The van der Waals surface area contributed by atoms with Crippen LogP contribution in [0.4, 0.5) is 11.6 Å². The van der Waals surface area contributed by atoms with E-state index in [0.29, 0.717) is 11.9 Å². The summed E-state index contributed by atoms with van der Waals surface area (Å²) in [7, 11) is 0. The fourth-order valence-corrected chi connectivity index (χ4v) is 2.39. The van der Waals surface area contributed by atoms with Gasteiger partial charge in [-0.3, -0.25) is 4.90 Å². The summed E-state index contributed by atoms with van der Waals surface area (Å²) in [6.07, 6.45) is 1.21. The highest BCUT2D eigenvalue weighted by atomic mass is 15.3. The monoisotopic (exact) mass is 249 g/mol. The fourth-order valence-electron chi connectivity index (χ4n) is 2.39. The van der Waals surface area contributed by atoms with Gasteiger partial charge in [0.1, 0.15) is 17.5 Å². The van der Waals surface area contributed by atoms with Gasteiger partial charge in [-0.1, -0.05) is 6.92 Å². The molecule has 18 heavy (non-hydrogen) atoms. The molecular weight excluding hydrogens is 226 g/mol. The lowest BCUT2D eigenvalue weighted by molar-refractivity contribution is 0.192. The van der Waals surface area contributed by atoms with Gasteiger partial charge in [-0.2, -0.15) is 0 Å². The van der Waals surface area contributed by atoms with Crippen molar-refractivity contribution in [2.45, 2.75) is 33.2 Å². The van der Waals surface area contributed by atoms with Crippen molar-refractivity contribution in [3.8, 4) is 0 Å². The molecule has 1 fully saturated rings. The van der Waals surface area contributed by atoms with Gasteiger partial charge >= 0.3 is 0 Å². The number of nitrogens with two attached hydrogens (primary N) is 1. The molecule has 5 nitrogen and oxygen atoms in total. The first-order valence-electron chi connectivity index (χ1n) is 6.70. The van der Waals surface area contributed by atoms with Crippen LogP contribution in [0.15, 0.2) is 6.07 Å². The molecule has 2 heterocycles. The first-order valence-corrected chi connectivity index (χ1v) is 6.70. The fraction of sp³-hybridized carbons (Fsp3) is 0.692. The van der Waals surface area contributed by atoms with Crippen LogP contribution in [0.5, 0.6) is 0 Å². The third kappa shape index (κ3) is 2.90. The Labute approximate surface area is 109 Å². The molecule has 0 aromatic carbocycles. The SMILES string of the molecule is CCC(C)N1CCN(c2cc(N)nc(C)n2)CC1. The van der Waals surface area contributed by atoms with E-state index in [1.165, 1.54) is 6.42 Å². The van der Waals surface area contributed by atoms with Gasteiger partial charge in [0.05, 0.1) is 0 Å². The highest BCUT2D eigenvalue weighted by molar-refractivity contribution is 5.47. The van der Waals surface area contributed by atoms with Crippen LogP contribution in [0.1, 0.15) is 26.1 Å². The summed E-state index contributed by atoms with van der Waals surface area (Å²) in [6.45, 7) is 10.6. The summed E-state index contributed by atoms with van der Waals surface area (Å²) in [4.78, 5) is 13.4. The van der Waals surface area contributed by atoms with Crippen LogP contribution in [0.3, 0.4) is 0 Å². The van der Waals surface area contributed by atoms with Gasteiger partial charge in [0.15, 0.2) is 0 Å². The molecule has 0 amide bonds. The topological polar surface area (TPSA) is 58.3 Å². The molecule has 1 atom stereocenters. The second-order valence-electron chi connectivity index (χ2n) is 4.98. The molecule has 1 unspecified atom stereocenters. The number of nitrogens with zero attached hydrogens (tertiary/aromatic N) is 4. The van der Waals surface area contributed by atoms with E-state index in [1.807, 2.05) is 13.0 Å². The lowest BCUT2D eigenvalue weighted by Crippen LogP contribution is -2.49. The smallest absolute Gasteiger partial charge is 0.134 e. The van der Waals surface area contributed by atoms with Crippen molar-refractivity contribution < 1.29 is 0 Å². The van der Waals surface area contributed by atoms with E-state index in [1.54, 1.807) is 0 Å². The minimum atomic E-state index is 0.557. The quantitative estimate of drug-likeness (QED) is 0.874. The van der Waals surface area contributed by atoms with Gasteiger partial charge in [-0.05, 0) is 20.3 Å². The molecule has 1 aromatic rings. The van der Waals surface area contributed by atoms with Crippen LogP contribution in [0.25, 0.3) is 0 Å². The average Bonchev–Trinajstić information content (AvgIpc) is 2.37. The zero-order valence-electron chi connectivity index (χ0n) is 11.6. The predicted molar refractivity (Wildman–Crippen MR) is 74.7 cm³/mol. The first-order chi connectivity index (χ1) is 8.60. The van der Waals surface area contributed by atoms with Crippen LogP contribution in [-0.2, 0) is 0 Å². The molecule has 0 spiro atoms. The van der Waals surface area contributed by atoms with E-state index in [2.05, 4.69) is 33.6 Å². The van der Waals surface area contributed by atoms with E-state index >= 15 is 0 Å². The Kier molecular flexibility index (Phi) is 4.01. The number of nitrogen functional groups attached to an aromatic ring is 1. The number of hydrogen-bond donors (Lipinski definition) is 1. The Morgan fingerprint density at radius 3 is 2.50 bits per heavy atom. The van der Waals surface area contributed by atoms with Crippen LogP contribution in [-0.4, -0.2) is 47.1 Å². The van der Waals surface area contributed by atoms with Gasteiger partial charge < -0.3 is 10.6 Å². The second-order valence-corrected chi connectivity index (χ2v) is 4.98. The van der Waals surface area contributed by atoms with Crippen LogP contribution >= 0.6 is 0 Å². The van der Waals surface area contributed by atoms with Gasteiger partial charge in [0.2, 0.25) is 0 Å². The van der Waals surface area contributed by atoms with E-state index in [4.69, 9.17) is 5.73 Å². The van der Waals surface area contributed by atoms with E-state index < -0.39 is 0 Å².